The van der Waals surface area contributed by atoms with Crippen molar-refractivity contribution in [1.82, 2.24) is 4.90 Å². The third kappa shape index (κ3) is 3.73. The second-order valence-electron chi connectivity index (χ2n) is 5.87. The number of amides is 2. The minimum atomic E-state index is -0.179. The molecule has 0 spiro atoms. The summed E-state index contributed by atoms with van der Waals surface area (Å²) in [4.78, 5) is 14.3. The van der Waals surface area contributed by atoms with E-state index in [9.17, 15) is 4.79 Å². The van der Waals surface area contributed by atoms with Crippen LogP contribution in [0.2, 0.25) is 0 Å². The van der Waals surface area contributed by atoms with Crippen LogP contribution in [0.3, 0.4) is 0 Å². The molecule has 1 saturated heterocycles. The Bertz CT molecular complexity index is 755. The number of hydrogen-bond donors (Lipinski definition) is 1. The number of nitriles is 1. The van der Waals surface area contributed by atoms with Crippen LogP contribution in [0.4, 0.5) is 10.5 Å². The van der Waals surface area contributed by atoms with Crippen molar-refractivity contribution < 1.29 is 9.53 Å². The molecule has 0 radical (unpaired) electrons. The summed E-state index contributed by atoms with van der Waals surface area (Å²) in [6.07, 6.45) is -0.175. The van der Waals surface area contributed by atoms with Gasteiger partial charge in [0.1, 0.15) is 6.10 Å². The van der Waals surface area contributed by atoms with Gasteiger partial charge in [-0.2, -0.15) is 5.26 Å². The topological polar surface area (TPSA) is 65.4 Å². The largest absolute Gasteiger partial charge is 0.367 e. The number of carbonyl (C=O) groups is 1. The second-order valence-corrected chi connectivity index (χ2v) is 5.87. The van der Waals surface area contributed by atoms with Crippen molar-refractivity contribution in [2.24, 2.45) is 0 Å². The normalized spacial score (nSPS) is 20.2. The minimum Gasteiger partial charge on any atom is -0.367 e. The van der Waals surface area contributed by atoms with Crippen LogP contribution in [-0.4, -0.2) is 30.1 Å². The first-order valence-corrected chi connectivity index (χ1v) is 7.92. The molecule has 2 aromatic carbocycles. The van der Waals surface area contributed by atoms with E-state index in [1.54, 1.807) is 29.2 Å². The van der Waals surface area contributed by atoms with Crippen molar-refractivity contribution in [2.75, 3.05) is 18.4 Å². The summed E-state index contributed by atoms with van der Waals surface area (Å²) >= 11 is 0. The Morgan fingerprint density at radius 3 is 2.75 bits per heavy atom. The molecule has 2 aromatic rings. The van der Waals surface area contributed by atoms with Gasteiger partial charge >= 0.3 is 6.03 Å². The molecule has 24 heavy (non-hydrogen) atoms. The van der Waals surface area contributed by atoms with Crippen molar-refractivity contribution in [1.29, 1.82) is 5.26 Å². The SMILES string of the molecule is C[C@H]1CN(C(=O)Nc2cccc(C#N)c2)C[C@H](c2ccccc2)O1. The van der Waals surface area contributed by atoms with Crippen LogP contribution in [0.5, 0.6) is 0 Å². The number of ether oxygens (including phenoxy) is 1. The van der Waals surface area contributed by atoms with Gasteiger partial charge in [0, 0.05) is 12.2 Å². The van der Waals surface area contributed by atoms with Gasteiger partial charge < -0.3 is 15.0 Å². The van der Waals surface area contributed by atoms with E-state index in [1.165, 1.54) is 0 Å². The third-order valence-electron chi connectivity index (χ3n) is 3.96. The molecule has 0 unspecified atom stereocenters. The van der Waals surface area contributed by atoms with E-state index in [4.69, 9.17) is 10.00 Å². The van der Waals surface area contributed by atoms with E-state index in [-0.39, 0.29) is 18.2 Å². The van der Waals surface area contributed by atoms with Crippen LogP contribution in [0.1, 0.15) is 24.2 Å². The fourth-order valence-corrected chi connectivity index (χ4v) is 2.84. The quantitative estimate of drug-likeness (QED) is 0.920. The summed E-state index contributed by atoms with van der Waals surface area (Å²) in [5.74, 6) is 0. The lowest BCUT2D eigenvalue weighted by atomic mass is 10.1. The Hall–Kier alpha value is -2.84. The number of benzene rings is 2. The van der Waals surface area contributed by atoms with E-state index >= 15 is 0 Å². The molecular weight excluding hydrogens is 302 g/mol. The molecular formula is C19H19N3O2. The molecule has 1 N–H and O–H groups in total. The van der Waals surface area contributed by atoms with Gasteiger partial charge in [-0.05, 0) is 30.7 Å². The molecule has 1 aliphatic rings. The van der Waals surface area contributed by atoms with Crippen LogP contribution in [-0.2, 0) is 4.74 Å². The van der Waals surface area contributed by atoms with Gasteiger partial charge in [-0.1, -0.05) is 36.4 Å². The Morgan fingerprint density at radius 2 is 2.00 bits per heavy atom. The zero-order chi connectivity index (χ0) is 16.9. The van der Waals surface area contributed by atoms with Crippen LogP contribution in [0.25, 0.3) is 0 Å². The fourth-order valence-electron chi connectivity index (χ4n) is 2.84. The predicted molar refractivity (Wildman–Crippen MR) is 91.5 cm³/mol. The average Bonchev–Trinajstić information content (AvgIpc) is 2.62. The van der Waals surface area contributed by atoms with E-state index in [0.717, 1.165) is 5.56 Å². The van der Waals surface area contributed by atoms with Crippen LogP contribution in [0.15, 0.2) is 54.6 Å². The lowest BCUT2D eigenvalue weighted by Crippen LogP contribution is -2.47. The predicted octanol–water partition coefficient (Wildman–Crippen LogP) is 3.55. The number of carbonyl (C=O) groups excluding carboxylic acids is 1. The molecule has 122 valence electrons. The number of morpholine rings is 1. The van der Waals surface area contributed by atoms with Crippen molar-refractivity contribution in [2.45, 2.75) is 19.1 Å². The van der Waals surface area contributed by atoms with E-state index in [1.807, 2.05) is 37.3 Å². The van der Waals surface area contributed by atoms with Gasteiger partial charge in [-0.3, -0.25) is 0 Å². The smallest absolute Gasteiger partial charge is 0.322 e. The standard InChI is InChI=1S/C19H19N3O2/c1-14-12-22(13-18(24-14)16-7-3-2-4-8-16)19(23)21-17-9-5-6-15(10-17)11-20/h2-10,14,18H,12-13H2,1H3,(H,21,23)/t14-,18+/m0/s1. The lowest BCUT2D eigenvalue weighted by molar-refractivity contribution is -0.0642. The monoisotopic (exact) mass is 321 g/mol. The summed E-state index contributed by atoms with van der Waals surface area (Å²) in [6, 6.07) is 18.7. The first-order chi connectivity index (χ1) is 11.7. The van der Waals surface area contributed by atoms with Gasteiger partial charge in [-0.25, -0.2) is 4.79 Å². The Labute approximate surface area is 141 Å². The summed E-state index contributed by atoms with van der Waals surface area (Å²) in [7, 11) is 0. The van der Waals surface area contributed by atoms with E-state index in [2.05, 4.69) is 11.4 Å². The highest BCUT2D eigenvalue weighted by molar-refractivity contribution is 5.89. The number of hydrogen-bond acceptors (Lipinski definition) is 3. The molecule has 1 aliphatic heterocycles. The number of nitrogens with one attached hydrogen (secondary N) is 1. The van der Waals surface area contributed by atoms with Gasteiger partial charge in [0.15, 0.2) is 0 Å². The number of anilines is 1. The van der Waals surface area contributed by atoms with Gasteiger partial charge in [0.05, 0.1) is 24.3 Å². The number of rotatable bonds is 2. The highest BCUT2D eigenvalue weighted by atomic mass is 16.5. The molecule has 2 atom stereocenters. The molecule has 2 amide bonds. The van der Waals surface area contributed by atoms with E-state index < -0.39 is 0 Å². The van der Waals surface area contributed by atoms with Gasteiger partial charge in [0.2, 0.25) is 0 Å². The summed E-state index contributed by atoms with van der Waals surface area (Å²) in [5, 5.41) is 11.8. The maximum absolute atomic E-state index is 12.6. The maximum Gasteiger partial charge on any atom is 0.322 e. The third-order valence-corrected chi connectivity index (χ3v) is 3.96. The first-order valence-electron chi connectivity index (χ1n) is 7.92. The molecule has 3 rings (SSSR count). The summed E-state index contributed by atoms with van der Waals surface area (Å²) < 4.78 is 5.97. The zero-order valence-electron chi connectivity index (χ0n) is 13.5. The maximum atomic E-state index is 12.6. The van der Waals surface area contributed by atoms with Crippen LogP contribution in [0, 0.1) is 11.3 Å². The molecule has 0 aromatic heterocycles. The van der Waals surface area contributed by atoms with Gasteiger partial charge in [-0.15, -0.1) is 0 Å². The zero-order valence-corrected chi connectivity index (χ0v) is 13.5. The fraction of sp³-hybridized carbons (Fsp3) is 0.263. The van der Waals surface area contributed by atoms with Gasteiger partial charge in [0.25, 0.3) is 0 Å². The van der Waals surface area contributed by atoms with Crippen LogP contribution >= 0.6 is 0 Å². The molecule has 5 heteroatoms. The Morgan fingerprint density at radius 1 is 1.21 bits per heavy atom. The average molecular weight is 321 g/mol. The highest BCUT2D eigenvalue weighted by Crippen LogP contribution is 2.25. The summed E-state index contributed by atoms with van der Waals surface area (Å²) in [5.41, 5.74) is 2.20. The molecule has 1 heterocycles. The number of urea groups is 1. The lowest BCUT2D eigenvalue weighted by Gasteiger charge is -2.37. The highest BCUT2D eigenvalue weighted by Gasteiger charge is 2.29. The number of nitrogens with zero attached hydrogens (tertiary/aromatic N) is 2. The molecule has 0 aliphatic carbocycles. The molecule has 1 fully saturated rings. The van der Waals surface area contributed by atoms with Crippen molar-refractivity contribution >= 4 is 11.7 Å². The molecule has 5 nitrogen and oxygen atoms in total. The Kier molecular flexibility index (Phi) is 4.78. The first kappa shape index (κ1) is 16.0. The second kappa shape index (κ2) is 7.16. The van der Waals surface area contributed by atoms with Crippen molar-refractivity contribution in [3.63, 3.8) is 0 Å². The molecule has 0 bridgehead atoms. The minimum absolute atomic E-state index is 0.0415. The van der Waals surface area contributed by atoms with Crippen LogP contribution < -0.4 is 5.32 Å². The van der Waals surface area contributed by atoms with E-state index in [0.29, 0.717) is 24.3 Å². The molecule has 0 saturated carbocycles. The van der Waals surface area contributed by atoms with Crippen molar-refractivity contribution in [3.05, 3.63) is 65.7 Å². The Balaban J connectivity index is 1.71. The summed E-state index contributed by atoms with van der Waals surface area (Å²) in [6.45, 7) is 3.00. The van der Waals surface area contributed by atoms with Crippen molar-refractivity contribution in [3.8, 4) is 6.07 Å².